The van der Waals surface area contributed by atoms with Crippen LogP contribution in [0.3, 0.4) is 0 Å². The molecule has 0 saturated heterocycles. The monoisotopic (exact) mass is 309 g/mol. The Labute approximate surface area is 180 Å². The predicted octanol–water partition coefficient (Wildman–Crippen LogP) is -12.4. The van der Waals surface area contributed by atoms with E-state index in [4.69, 9.17) is 19.2 Å². The van der Waals surface area contributed by atoms with Gasteiger partial charge in [0.25, 0.3) is 0 Å². The Morgan fingerprint density at radius 1 is 1.00 bits per heavy atom. The second-order valence-corrected chi connectivity index (χ2v) is 1.80. The van der Waals surface area contributed by atoms with E-state index in [1.165, 1.54) is 0 Å². The fourth-order valence-corrected chi connectivity index (χ4v) is 0. The molecule has 0 aromatic heterocycles. The SMILES string of the molecule is O[Si](O)(O)O.[AlH3].[Fe].[H-].[H-].[H-].[K+].[Li+].[Mn].[Na+]. The standard InChI is InChI=1S/Al.Fe.K.Li.Mn.Na.H4O4Si.6H/c;;;;;;1-5(2,3)4;;;;;;/h;;;;;;1-4H;;;;;;/q;;2*+1;;+1;;;;;3*-1. The van der Waals surface area contributed by atoms with Crippen LogP contribution in [-0.4, -0.2) is 45.6 Å². The predicted molar refractivity (Wildman–Crippen MR) is 27.9 cm³/mol. The fourth-order valence-electron chi connectivity index (χ4n) is 0. The van der Waals surface area contributed by atoms with Crippen molar-refractivity contribution in [3.63, 3.8) is 0 Å². The summed E-state index contributed by atoms with van der Waals surface area (Å²) in [5.74, 6) is 0. The van der Waals surface area contributed by atoms with E-state index in [9.17, 15) is 0 Å². The van der Waals surface area contributed by atoms with E-state index in [0.29, 0.717) is 0 Å². The summed E-state index contributed by atoms with van der Waals surface area (Å²) in [6.45, 7) is 0. The zero-order valence-electron chi connectivity index (χ0n) is 9.02. The van der Waals surface area contributed by atoms with Crippen molar-refractivity contribution < 1.29 is 157 Å². The first kappa shape index (κ1) is 44.6. The van der Waals surface area contributed by atoms with Crippen molar-refractivity contribution in [3.05, 3.63) is 0 Å². The summed E-state index contributed by atoms with van der Waals surface area (Å²) >= 11 is 0. The topological polar surface area (TPSA) is 80.9 Å². The third-order valence-corrected chi connectivity index (χ3v) is 0. The molecule has 0 bridgehead atoms. The molecule has 0 fully saturated rings. The maximum atomic E-state index is 7.33. The van der Waals surface area contributed by atoms with E-state index in [1.807, 2.05) is 0 Å². The van der Waals surface area contributed by atoms with Crippen LogP contribution >= 0.6 is 0 Å². The fraction of sp³-hybridized carbons (Fsp3) is 0. The van der Waals surface area contributed by atoms with Gasteiger partial charge in [-0.1, -0.05) is 0 Å². The summed E-state index contributed by atoms with van der Waals surface area (Å²) in [5.41, 5.74) is 0. The van der Waals surface area contributed by atoms with Gasteiger partial charge in [-0.3, -0.25) is 0 Å². The van der Waals surface area contributed by atoms with Crippen molar-refractivity contribution >= 4 is 26.4 Å². The summed E-state index contributed by atoms with van der Waals surface area (Å²) in [5, 5.41) is 0. The zero-order chi connectivity index (χ0) is 4.50. The van der Waals surface area contributed by atoms with Gasteiger partial charge in [0.2, 0.25) is 0 Å². The molecular weight excluding hydrogens is 299 g/mol. The van der Waals surface area contributed by atoms with E-state index >= 15 is 0 Å². The van der Waals surface area contributed by atoms with Crippen molar-refractivity contribution in [3.8, 4) is 0 Å². The molecule has 0 aliphatic carbocycles. The van der Waals surface area contributed by atoms with Crippen LogP contribution in [-0.2, 0) is 34.1 Å². The summed E-state index contributed by atoms with van der Waals surface area (Å²) in [6, 6.07) is 0. The van der Waals surface area contributed by atoms with Crippen LogP contribution in [0.25, 0.3) is 0 Å². The third kappa shape index (κ3) is 104. The van der Waals surface area contributed by atoms with Gasteiger partial charge in [-0.05, 0) is 0 Å². The maximum Gasteiger partial charge on any atom is 1.00 e. The molecule has 0 unspecified atom stereocenters. The molecule has 11 heteroatoms. The Morgan fingerprint density at radius 2 is 1.00 bits per heavy atom. The van der Waals surface area contributed by atoms with Crippen molar-refractivity contribution in [2.75, 3.05) is 0 Å². The van der Waals surface area contributed by atoms with Gasteiger partial charge < -0.3 is 23.5 Å². The van der Waals surface area contributed by atoms with Crippen LogP contribution in [0.2, 0.25) is 0 Å². The van der Waals surface area contributed by atoms with Gasteiger partial charge in [-0.2, -0.15) is 0 Å². The van der Waals surface area contributed by atoms with Crippen molar-refractivity contribution in [1.29, 1.82) is 0 Å². The van der Waals surface area contributed by atoms with Gasteiger partial charge in [0.05, 0.1) is 0 Å². The molecule has 0 amide bonds. The molecule has 4 nitrogen and oxygen atoms in total. The van der Waals surface area contributed by atoms with Crippen LogP contribution in [0.1, 0.15) is 4.28 Å². The quantitative estimate of drug-likeness (QED) is 0.335. The third-order valence-electron chi connectivity index (χ3n) is 0. The van der Waals surface area contributed by atoms with Crippen LogP contribution in [0, 0.1) is 0 Å². The second kappa shape index (κ2) is 24.2. The minimum absolute atomic E-state index is 0. The number of hydrogen-bond acceptors (Lipinski definition) is 4. The zero-order valence-corrected chi connectivity index (χ0v) is 14.4. The molecule has 0 atom stereocenters. The van der Waals surface area contributed by atoms with Gasteiger partial charge in [-0.15, -0.1) is 0 Å². The molecule has 1 radical (unpaired) electrons. The Balaban J connectivity index is -0.00000000222. The molecule has 4 N–H and O–H groups in total. The Morgan fingerprint density at radius 3 is 1.00 bits per heavy atom. The molecular formula is H10AlFeKLiMnNaO4Si. The molecule has 0 aromatic rings. The van der Waals surface area contributed by atoms with E-state index in [-0.39, 0.29) is 156 Å². The molecule has 0 aliphatic heterocycles. The molecule has 0 heterocycles. The first-order valence-electron chi connectivity index (χ1n) is 0.894. The molecule has 11 heavy (non-hydrogen) atoms. The summed E-state index contributed by atoms with van der Waals surface area (Å²) in [6.07, 6.45) is 0. The van der Waals surface area contributed by atoms with Gasteiger partial charge in [0.15, 0.2) is 17.4 Å². The van der Waals surface area contributed by atoms with E-state index in [0.717, 1.165) is 0 Å². The minimum Gasteiger partial charge on any atom is -1.00 e. The van der Waals surface area contributed by atoms with Gasteiger partial charge in [-0.25, -0.2) is 0 Å². The Bertz CT molecular complexity index is 56.1. The maximum absolute atomic E-state index is 7.33. The van der Waals surface area contributed by atoms with E-state index in [2.05, 4.69) is 0 Å². The van der Waals surface area contributed by atoms with Crippen LogP contribution < -0.4 is 99.8 Å². The van der Waals surface area contributed by atoms with Crippen LogP contribution in [0.4, 0.5) is 0 Å². The minimum atomic E-state index is -4.61. The van der Waals surface area contributed by atoms with Gasteiger partial charge in [0.1, 0.15) is 0 Å². The average molecular weight is 309 g/mol. The summed E-state index contributed by atoms with van der Waals surface area (Å²) in [4.78, 5) is 29.3. The Kier molecular flexibility index (Phi) is 98.2. The van der Waals surface area contributed by atoms with E-state index < -0.39 is 9.05 Å². The summed E-state index contributed by atoms with van der Waals surface area (Å²) in [7, 11) is -4.61. The molecule has 0 spiro atoms. The second-order valence-electron chi connectivity index (χ2n) is 0.600. The molecule has 59 valence electrons. The molecule has 0 rings (SSSR count). The van der Waals surface area contributed by atoms with Crippen molar-refractivity contribution in [2.45, 2.75) is 0 Å². The summed E-state index contributed by atoms with van der Waals surface area (Å²) < 4.78 is 0. The number of hydrogen-bond donors (Lipinski definition) is 4. The smallest absolute Gasteiger partial charge is 1.00 e. The normalized spacial score (nSPS) is 5.45. The van der Waals surface area contributed by atoms with Crippen LogP contribution in [0.15, 0.2) is 0 Å². The first-order chi connectivity index (χ1) is 2.00. The molecule has 0 aliphatic rings. The largest absolute Gasteiger partial charge is 1.00 e. The number of rotatable bonds is 0. The Hall–Kier alpha value is 4.86. The van der Waals surface area contributed by atoms with Crippen LogP contribution in [0.5, 0.6) is 0 Å². The van der Waals surface area contributed by atoms with Crippen molar-refractivity contribution in [1.82, 2.24) is 0 Å². The van der Waals surface area contributed by atoms with Crippen molar-refractivity contribution in [2.24, 2.45) is 0 Å². The van der Waals surface area contributed by atoms with Gasteiger partial charge in [0, 0.05) is 34.1 Å². The average Bonchev–Trinajstić information content (AvgIpc) is 0.722. The van der Waals surface area contributed by atoms with Gasteiger partial charge >= 0.3 is 109 Å². The first-order valence-corrected chi connectivity index (χ1v) is 2.68. The van der Waals surface area contributed by atoms with E-state index in [1.54, 1.807) is 0 Å². The molecule has 0 aromatic carbocycles. The molecule has 0 saturated carbocycles.